The highest BCUT2D eigenvalue weighted by molar-refractivity contribution is 7.99. The molecule has 2 rings (SSSR count). The second kappa shape index (κ2) is 9.97. The first-order chi connectivity index (χ1) is 11.5. The van der Waals surface area contributed by atoms with Crippen molar-refractivity contribution in [3.05, 3.63) is 69.7 Å². The monoisotopic (exact) mass is 381 g/mol. The Kier molecular flexibility index (Phi) is 7.97. The summed E-state index contributed by atoms with van der Waals surface area (Å²) in [5.41, 5.74) is 2.29. The van der Waals surface area contributed by atoms with Crippen molar-refractivity contribution >= 4 is 40.9 Å². The van der Waals surface area contributed by atoms with Gasteiger partial charge in [-0.05, 0) is 43.0 Å². The van der Waals surface area contributed by atoms with Gasteiger partial charge < -0.3 is 5.32 Å². The van der Waals surface area contributed by atoms with Gasteiger partial charge in [0.05, 0.1) is 5.75 Å². The Hall–Kier alpha value is -1.16. The van der Waals surface area contributed by atoms with Crippen LogP contribution in [0, 0.1) is 0 Å². The van der Waals surface area contributed by atoms with Crippen LogP contribution in [0.1, 0.15) is 24.5 Å². The molecule has 0 saturated carbocycles. The van der Waals surface area contributed by atoms with Gasteiger partial charge in [-0.2, -0.15) is 0 Å². The molecule has 0 radical (unpaired) electrons. The Bertz CT molecular complexity index is 664. The van der Waals surface area contributed by atoms with E-state index in [9.17, 15) is 4.79 Å². The summed E-state index contributed by atoms with van der Waals surface area (Å²) >= 11 is 13.6. The molecule has 1 unspecified atom stereocenters. The lowest BCUT2D eigenvalue weighted by molar-refractivity contribution is -0.119. The minimum atomic E-state index is 0.0608. The normalized spacial score (nSPS) is 12.0. The van der Waals surface area contributed by atoms with E-state index in [4.69, 9.17) is 23.2 Å². The Morgan fingerprint density at radius 3 is 2.62 bits per heavy atom. The summed E-state index contributed by atoms with van der Waals surface area (Å²) in [7, 11) is 0. The van der Waals surface area contributed by atoms with Gasteiger partial charge in [0.2, 0.25) is 5.91 Å². The fraction of sp³-hybridized carbons (Fsp3) is 0.316. The van der Waals surface area contributed by atoms with Gasteiger partial charge in [-0.1, -0.05) is 59.6 Å². The number of carbonyl (C=O) groups excluding carboxylic acids is 1. The first kappa shape index (κ1) is 19.2. The van der Waals surface area contributed by atoms with Crippen molar-refractivity contribution in [3.8, 4) is 0 Å². The molecule has 0 saturated heterocycles. The van der Waals surface area contributed by atoms with Gasteiger partial charge in [-0.25, -0.2) is 0 Å². The number of hydrogen-bond donors (Lipinski definition) is 1. The van der Waals surface area contributed by atoms with E-state index in [1.807, 2.05) is 37.3 Å². The minimum Gasteiger partial charge on any atom is -0.353 e. The molecule has 128 valence electrons. The summed E-state index contributed by atoms with van der Waals surface area (Å²) in [4.78, 5) is 12.0. The van der Waals surface area contributed by atoms with Crippen molar-refractivity contribution in [2.45, 2.75) is 31.6 Å². The topological polar surface area (TPSA) is 29.1 Å². The maximum absolute atomic E-state index is 12.0. The van der Waals surface area contributed by atoms with Crippen LogP contribution in [0.2, 0.25) is 10.0 Å². The molecule has 24 heavy (non-hydrogen) atoms. The van der Waals surface area contributed by atoms with Gasteiger partial charge in [0.25, 0.3) is 0 Å². The van der Waals surface area contributed by atoms with Crippen LogP contribution in [0.15, 0.2) is 48.5 Å². The van der Waals surface area contributed by atoms with Gasteiger partial charge in [0, 0.05) is 21.8 Å². The van der Waals surface area contributed by atoms with Gasteiger partial charge in [-0.3, -0.25) is 4.79 Å². The van der Waals surface area contributed by atoms with Crippen LogP contribution >= 0.6 is 35.0 Å². The fourth-order valence-corrected chi connectivity index (χ4v) is 3.71. The number of halogens is 2. The number of aryl methyl sites for hydroxylation is 1. The summed E-state index contributed by atoms with van der Waals surface area (Å²) in [6.07, 6.45) is 1.90. The largest absolute Gasteiger partial charge is 0.353 e. The van der Waals surface area contributed by atoms with Crippen molar-refractivity contribution in [2.24, 2.45) is 0 Å². The maximum Gasteiger partial charge on any atom is 0.230 e. The minimum absolute atomic E-state index is 0.0608. The molecule has 0 fully saturated rings. The zero-order valence-corrected chi connectivity index (χ0v) is 15.9. The van der Waals surface area contributed by atoms with Crippen LogP contribution in [-0.2, 0) is 17.0 Å². The third-order valence-electron chi connectivity index (χ3n) is 3.62. The number of thioether (sulfide) groups is 1. The molecule has 2 nitrogen and oxygen atoms in total. The van der Waals surface area contributed by atoms with Gasteiger partial charge >= 0.3 is 0 Å². The van der Waals surface area contributed by atoms with E-state index in [1.165, 1.54) is 5.56 Å². The molecule has 0 aromatic heterocycles. The number of nitrogens with one attached hydrogen (secondary N) is 1. The SMILES string of the molecule is CC(CCc1ccccc1)NC(=O)CSCc1ccc(Cl)cc1Cl. The van der Waals surface area contributed by atoms with E-state index in [1.54, 1.807) is 17.8 Å². The summed E-state index contributed by atoms with van der Waals surface area (Å²) in [6.45, 7) is 2.04. The lowest BCUT2D eigenvalue weighted by Gasteiger charge is -2.14. The number of rotatable bonds is 8. The Balaban J connectivity index is 1.67. The maximum atomic E-state index is 12.0. The third kappa shape index (κ3) is 6.76. The lowest BCUT2D eigenvalue weighted by atomic mass is 10.1. The highest BCUT2D eigenvalue weighted by atomic mass is 35.5. The van der Waals surface area contributed by atoms with Crippen LogP contribution in [0.5, 0.6) is 0 Å². The van der Waals surface area contributed by atoms with Crippen LogP contribution in [-0.4, -0.2) is 17.7 Å². The average Bonchev–Trinajstić information content (AvgIpc) is 2.56. The third-order valence-corrected chi connectivity index (χ3v) is 5.19. The molecule has 1 N–H and O–H groups in total. The first-order valence-electron chi connectivity index (χ1n) is 7.89. The zero-order chi connectivity index (χ0) is 17.4. The highest BCUT2D eigenvalue weighted by Gasteiger charge is 2.09. The molecule has 1 amide bonds. The van der Waals surface area contributed by atoms with Crippen LogP contribution < -0.4 is 5.32 Å². The summed E-state index contributed by atoms with van der Waals surface area (Å²) in [5, 5.41) is 4.32. The molecule has 0 aliphatic heterocycles. The molecule has 2 aromatic carbocycles. The van der Waals surface area contributed by atoms with Crippen LogP contribution in [0.4, 0.5) is 0 Å². The molecule has 0 aliphatic rings. The molecule has 1 atom stereocenters. The van der Waals surface area contributed by atoms with E-state index in [0.29, 0.717) is 21.6 Å². The summed E-state index contributed by atoms with van der Waals surface area (Å²) in [6, 6.07) is 15.9. The van der Waals surface area contributed by atoms with E-state index in [2.05, 4.69) is 17.4 Å². The molecule has 0 aliphatic carbocycles. The van der Waals surface area contributed by atoms with Crippen molar-refractivity contribution in [3.63, 3.8) is 0 Å². The van der Waals surface area contributed by atoms with E-state index in [0.717, 1.165) is 18.4 Å². The lowest BCUT2D eigenvalue weighted by Crippen LogP contribution is -2.34. The molecule has 0 spiro atoms. The number of amides is 1. The van der Waals surface area contributed by atoms with E-state index in [-0.39, 0.29) is 11.9 Å². The molecule has 0 heterocycles. The van der Waals surface area contributed by atoms with Gasteiger partial charge in [0.15, 0.2) is 0 Å². The first-order valence-corrected chi connectivity index (χ1v) is 9.80. The second-order valence-electron chi connectivity index (χ2n) is 5.72. The highest BCUT2D eigenvalue weighted by Crippen LogP contribution is 2.24. The van der Waals surface area contributed by atoms with Crippen molar-refractivity contribution in [1.29, 1.82) is 0 Å². The average molecular weight is 382 g/mol. The molecule has 5 heteroatoms. The predicted molar refractivity (Wildman–Crippen MR) is 105 cm³/mol. The van der Waals surface area contributed by atoms with Gasteiger partial charge in [-0.15, -0.1) is 11.8 Å². The Morgan fingerprint density at radius 1 is 1.17 bits per heavy atom. The number of hydrogen-bond acceptors (Lipinski definition) is 2. The predicted octanol–water partition coefficient (Wildman–Crippen LogP) is 5.36. The fourth-order valence-electron chi connectivity index (χ4n) is 2.31. The quantitative estimate of drug-likeness (QED) is 0.666. The smallest absolute Gasteiger partial charge is 0.230 e. The van der Waals surface area contributed by atoms with Gasteiger partial charge in [0.1, 0.15) is 0 Å². The standard InChI is InChI=1S/C19H21Cl2NOS/c1-14(7-8-15-5-3-2-4-6-15)22-19(23)13-24-12-16-9-10-17(20)11-18(16)21/h2-6,9-11,14H,7-8,12-13H2,1H3,(H,22,23). The summed E-state index contributed by atoms with van der Waals surface area (Å²) < 4.78 is 0. The van der Waals surface area contributed by atoms with E-state index >= 15 is 0 Å². The number of benzene rings is 2. The summed E-state index contributed by atoms with van der Waals surface area (Å²) in [5.74, 6) is 1.18. The van der Waals surface area contributed by atoms with Crippen molar-refractivity contribution < 1.29 is 4.79 Å². The Morgan fingerprint density at radius 2 is 1.92 bits per heavy atom. The second-order valence-corrected chi connectivity index (χ2v) is 7.55. The molecular formula is C19H21Cl2NOS. The van der Waals surface area contributed by atoms with Crippen molar-refractivity contribution in [1.82, 2.24) is 5.32 Å². The molecule has 0 bridgehead atoms. The molecule has 2 aromatic rings. The Labute approximate surface area is 157 Å². The van der Waals surface area contributed by atoms with E-state index < -0.39 is 0 Å². The van der Waals surface area contributed by atoms with Crippen molar-refractivity contribution in [2.75, 3.05) is 5.75 Å². The van der Waals surface area contributed by atoms with Crippen LogP contribution in [0.3, 0.4) is 0 Å². The number of carbonyl (C=O) groups is 1. The van der Waals surface area contributed by atoms with Crippen LogP contribution in [0.25, 0.3) is 0 Å². The zero-order valence-electron chi connectivity index (χ0n) is 13.6. The molecular weight excluding hydrogens is 361 g/mol.